The van der Waals surface area contributed by atoms with Gasteiger partial charge in [-0.05, 0) is 6.42 Å². The first-order valence-electron chi connectivity index (χ1n) is 3.12. The molecule has 9 heavy (non-hydrogen) atoms. The number of carbonyl (C=O) groups is 1. The van der Waals surface area contributed by atoms with Gasteiger partial charge in [0.05, 0.1) is 6.54 Å². The number of unbranched alkanes of at least 4 members (excludes halogenated alkanes) is 1. The Morgan fingerprint density at radius 2 is 2.22 bits per heavy atom. The van der Waals surface area contributed by atoms with Gasteiger partial charge in [0.2, 0.25) is 5.91 Å². The van der Waals surface area contributed by atoms with Crippen molar-refractivity contribution in [3.8, 4) is 0 Å². The molecule has 2 nitrogen and oxygen atoms in total. The normalized spacial score (nSPS) is 9.22. The summed E-state index contributed by atoms with van der Waals surface area (Å²) in [5, 5.41) is 0.240. The molecule has 0 aromatic heterocycles. The zero-order valence-electron chi connectivity index (χ0n) is 5.85. The van der Waals surface area contributed by atoms with Gasteiger partial charge in [0.25, 0.3) is 0 Å². The van der Waals surface area contributed by atoms with Crippen molar-refractivity contribution in [1.82, 2.24) is 5.12 Å². The summed E-state index contributed by atoms with van der Waals surface area (Å²) in [7, 11) is 0. The number of nitrogens with zero attached hydrogens (tertiary/aromatic N) is 1. The van der Waals surface area contributed by atoms with Crippen molar-refractivity contribution in [3.63, 3.8) is 0 Å². The van der Waals surface area contributed by atoms with Crippen molar-refractivity contribution in [2.75, 3.05) is 6.54 Å². The van der Waals surface area contributed by atoms with Gasteiger partial charge >= 0.3 is 0 Å². The lowest BCUT2D eigenvalue weighted by molar-refractivity contribution is -0.143. The van der Waals surface area contributed by atoms with E-state index in [0.717, 1.165) is 12.8 Å². The predicted octanol–water partition coefficient (Wildman–Crippen LogP) is 1.52. The molecule has 0 saturated carbocycles. The summed E-state index contributed by atoms with van der Waals surface area (Å²) in [6, 6.07) is 0. The van der Waals surface area contributed by atoms with Crippen LogP contribution in [-0.2, 0) is 4.79 Å². The lowest BCUT2D eigenvalue weighted by atomic mass is 10.3. The molecule has 0 bridgehead atoms. The molecule has 0 aliphatic rings. The monoisotopic (exact) mass is 133 g/mol. The van der Waals surface area contributed by atoms with Crippen LogP contribution in [0.3, 0.4) is 0 Å². The van der Waals surface area contributed by atoms with Gasteiger partial charge in [-0.15, -0.1) is 0 Å². The van der Waals surface area contributed by atoms with E-state index in [-0.39, 0.29) is 11.7 Å². The number of halogens is 1. The quantitative estimate of drug-likeness (QED) is 0.534. The lowest BCUT2D eigenvalue weighted by Gasteiger charge is -2.06. The van der Waals surface area contributed by atoms with Gasteiger partial charge in [-0.1, -0.05) is 17.8 Å². The molecule has 0 unspecified atom stereocenters. The van der Waals surface area contributed by atoms with E-state index in [1.165, 1.54) is 6.92 Å². The van der Waals surface area contributed by atoms with Crippen molar-refractivity contribution in [2.45, 2.75) is 26.7 Å². The van der Waals surface area contributed by atoms with E-state index >= 15 is 0 Å². The standard InChI is InChI=1S/C6H12FNO/c1-3-4-5-8(7)6(2)9/h3-5H2,1-2H3. The molecular weight excluding hydrogens is 121 g/mol. The van der Waals surface area contributed by atoms with Crippen LogP contribution in [0.15, 0.2) is 0 Å². The van der Waals surface area contributed by atoms with Crippen LogP contribution in [0.1, 0.15) is 26.7 Å². The molecule has 54 valence electrons. The molecule has 0 aromatic rings. The molecule has 0 saturated heterocycles. The van der Waals surface area contributed by atoms with Gasteiger partial charge in [0, 0.05) is 6.92 Å². The Hall–Kier alpha value is -0.600. The van der Waals surface area contributed by atoms with Gasteiger partial charge in [-0.2, -0.15) is 5.12 Å². The number of amides is 1. The third kappa shape index (κ3) is 3.94. The second-order valence-electron chi connectivity index (χ2n) is 1.96. The SMILES string of the molecule is CCCCN(F)C(C)=O. The molecule has 3 heteroatoms. The molecule has 0 N–H and O–H groups in total. The molecule has 1 amide bonds. The number of rotatable bonds is 3. The van der Waals surface area contributed by atoms with Crippen LogP contribution in [0.25, 0.3) is 0 Å². The summed E-state index contributed by atoms with van der Waals surface area (Å²) in [6.07, 6.45) is 1.64. The van der Waals surface area contributed by atoms with E-state index in [1.807, 2.05) is 6.92 Å². The van der Waals surface area contributed by atoms with Gasteiger partial charge in [-0.25, -0.2) is 0 Å². The maximum absolute atomic E-state index is 12.2. The van der Waals surface area contributed by atoms with Crippen LogP contribution in [-0.4, -0.2) is 17.6 Å². The minimum atomic E-state index is -0.511. The van der Waals surface area contributed by atoms with Gasteiger partial charge < -0.3 is 0 Å². The van der Waals surface area contributed by atoms with Crippen LogP contribution < -0.4 is 0 Å². The first-order valence-corrected chi connectivity index (χ1v) is 3.12. The average Bonchev–Trinajstić information content (AvgIpc) is 1.82. The van der Waals surface area contributed by atoms with Crippen LogP contribution in [0.2, 0.25) is 0 Å². The third-order valence-electron chi connectivity index (χ3n) is 1.05. The van der Waals surface area contributed by atoms with Crippen LogP contribution in [0.5, 0.6) is 0 Å². The molecule has 0 atom stereocenters. The largest absolute Gasteiger partial charge is 0.273 e. The van der Waals surface area contributed by atoms with E-state index in [1.54, 1.807) is 0 Å². The lowest BCUT2D eigenvalue weighted by Crippen LogP contribution is -2.20. The molecule has 0 heterocycles. The average molecular weight is 133 g/mol. The summed E-state index contributed by atoms with van der Waals surface area (Å²) in [5.41, 5.74) is 0. The molecule has 0 rings (SSSR count). The van der Waals surface area contributed by atoms with Crippen molar-refractivity contribution >= 4 is 5.91 Å². The Kier molecular flexibility index (Phi) is 4.01. The van der Waals surface area contributed by atoms with Crippen molar-refractivity contribution in [2.24, 2.45) is 0 Å². The van der Waals surface area contributed by atoms with Crippen LogP contribution in [0, 0.1) is 0 Å². The molecule has 0 fully saturated rings. The van der Waals surface area contributed by atoms with E-state index in [4.69, 9.17) is 0 Å². The Morgan fingerprint density at radius 3 is 2.56 bits per heavy atom. The Balaban J connectivity index is 3.27. The minimum Gasteiger partial charge on any atom is -0.273 e. The third-order valence-corrected chi connectivity index (χ3v) is 1.05. The maximum Gasteiger partial charge on any atom is 0.247 e. The minimum absolute atomic E-state index is 0.228. The summed E-state index contributed by atoms with van der Waals surface area (Å²) in [4.78, 5) is 10.2. The van der Waals surface area contributed by atoms with Crippen molar-refractivity contribution in [3.05, 3.63) is 0 Å². The highest BCUT2D eigenvalue weighted by molar-refractivity contribution is 5.71. The second kappa shape index (κ2) is 4.30. The van der Waals surface area contributed by atoms with Crippen molar-refractivity contribution < 1.29 is 9.28 Å². The second-order valence-corrected chi connectivity index (χ2v) is 1.96. The smallest absolute Gasteiger partial charge is 0.247 e. The highest BCUT2D eigenvalue weighted by atomic mass is 19.2. The number of hydrogen-bond acceptors (Lipinski definition) is 1. The highest BCUT2D eigenvalue weighted by Gasteiger charge is 2.03. The first-order chi connectivity index (χ1) is 4.18. The first kappa shape index (κ1) is 8.40. The molecule has 0 spiro atoms. The zero-order valence-corrected chi connectivity index (χ0v) is 5.85. The Morgan fingerprint density at radius 1 is 1.67 bits per heavy atom. The highest BCUT2D eigenvalue weighted by Crippen LogP contribution is 1.94. The number of carbonyl (C=O) groups excluding carboxylic acids is 1. The van der Waals surface area contributed by atoms with E-state index < -0.39 is 5.91 Å². The summed E-state index contributed by atoms with van der Waals surface area (Å²) < 4.78 is 12.2. The van der Waals surface area contributed by atoms with Crippen LogP contribution >= 0.6 is 0 Å². The molecule has 0 aliphatic heterocycles. The van der Waals surface area contributed by atoms with Gasteiger partial charge in [0.15, 0.2) is 0 Å². The fraction of sp³-hybridized carbons (Fsp3) is 0.833. The predicted molar refractivity (Wildman–Crippen MR) is 33.4 cm³/mol. The summed E-state index contributed by atoms with van der Waals surface area (Å²) in [6.45, 7) is 3.40. The number of hydrogen-bond donors (Lipinski definition) is 0. The zero-order chi connectivity index (χ0) is 7.28. The topological polar surface area (TPSA) is 20.3 Å². The van der Waals surface area contributed by atoms with Crippen molar-refractivity contribution in [1.29, 1.82) is 0 Å². The van der Waals surface area contributed by atoms with E-state index in [2.05, 4.69) is 0 Å². The maximum atomic E-state index is 12.2. The summed E-state index contributed by atoms with van der Waals surface area (Å²) >= 11 is 0. The van der Waals surface area contributed by atoms with Gasteiger partial charge in [0.1, 0.15) is 0 Å². The molecule has 0 aromatic carbocycles. The van der Waals surface area contributed by atoms with E-state index in [9.17, 15) is 9.28 Å². The fourth-order valence-corrected chi connectivity index (χ4v) is 0.454. The van der Waals surface area contributed by atoms with Crippen LogP contribution in [0.4, 0.5) is 4.48 Å². The molecule has 0 radical (unpaired) electrons. The molecular formula is C6H12FNO. The van der Waals surface area contributed by atoms with Gasteiger partial charge in [-0.3, -0.25) is 4.79 Å². The summed E-state index contributed by atoms with van der Waals surface area (Å²) in [5.74, 6) is -0.511. The Labute approximate surface area is 54.6 Å². The van der Waals surface area contributed by atoms with E-state index in [0.29, 0.717) is 0 Å². The fourth-order valence-electron chi connectivity index (χ4n) is 0.454. The molecule has 0 aliphatic carbocycles. The Bertz CT molecular complexity index is 95.1.